The van der Waals surface area contributed by atoms with Gasteiger partial charge in [-0.3, -0.25) is 9.59 Å². The van der Waals surface area contributed by atoms with Gasteiger partial charge in [0.15, 0.2) is 0 Å². The molecule has 0 saturated carbocycles. The fourth-order valence-corrected chi connectivity index (χ4v) is 2.63. The lowest BCUT2D eigenvalue weighted by molar-refractivity contribution is -0.124. The molecule has 1 aliphatic heterocycles. The SMILES string of the molecule is CNC(=O)C1CCCN1C(=O)c1cc(Br)ccc1F. The number of nitrogens with zero attached hydrogens (tertiary/aromatic N) is 1. The van der Waals surface area contributed by atoms with Gasteiger partial charge >= 0.3 is 0 Å². The highest BCUT2D eigenvalue weighted by atomic mass is 79.9. The molecule has 0 aromatic heterocycles. The highest BCUT2D eigenvalue weighted by molar-refractivity contribution is 9.10. The molecule has 1 fully saturated rings. The monoisotopic (exact) mass is 328 g/mol. The van der Waals surface area contributed by atoms with Crippen molar-refractivity contribution in [2.45, 2.75) is 18.9 Å². The van der Waals surface area contributed by atoms with E-state index in [1.807, 2.05) is 0 Å². The molecule has 2 amide bonds. The first-order valence-corrected chi connectivity index (χ1v) is 6.81. The fourth-order valence-electron chi connectivity index (χ4n) is 2.27. The highest BCUT2D eigenvalue weighted by Crippen LogP contribution is 2.23. The van der Waals surface area contributed by atoms with E-state index in [1.54, 1.807) is 0 Å². The number of hydrogen-bond donors (Lipinski definition) is 1. The van der Waals surface area contributed by atoms with E-state index in [9.17, 15) is 14.0 Å². The zero-order valence-electron chi connectivity index (χ0n) is 10.5. The molecule has 0 spiro atoms. The maximum atomic E-state index is 13.7. The summed E-state index contributed by atoms with van der Waals surface area (Å²) in [6.45, 7) is 0.475. The van der Waals surface area contributed by atoms with Gasteiger partial charge in [-0.25, -0.2) is 4.39 Å². The third-order valence-corrected chi connectivity index (χ3v) is 3.71. The number of halogens is 2. The van der Waals surface area contributed by atoms with E-state index in [0.29, 0.717) is 17.4 Å². The van der Waals surface area contributed by atoms with Crippen LogP contribution in [0.1, 0.15) is 23.2 Å². The van der Waals surface area contributed by atoms with Gasteiger partial charge in [-0.1, -0.05) is 15.9 Å². The minimum absolute atomic E-state index is 0.00909. The van der Waals surface area contributed by atoms with Crippen LogP contribution in [-0.2, 0) is 4.79 Å². The molecule has 1 aromatic carbocycles. The van der Waals surface area contributed by atoms with Crippen LogP contribution in [0.15, 0.2) is 22.7 Å². The summed E-state index contributed by atoms with van der Waals surface area (Å²) in [6, 6.07) is 3.71. The minimum atomic E-state index is -0.573. The molecule has 0 bridgehead atoms. The summed E-state index contributed by atoms with van der Waals surface area (Å²) < 4.78 is 14.3. The molecule has 1 atom stereocenters. The van der Waals surface area contributed by atoms with Crippen LogP contribution in [0.25, 0.3) is 0 Å². The third-order valence-electron chi connectivity index (χ3n) is 3.22. The molecule has 102 valence electrons. The molecule has 4 nitrogen and oxygen atoms in total. The number of amides is 2. The van der Waals surface area contributed by atoms with Crippen molar-refractivity contribution >= 4 is 27.7 Å². The summed E-state index contributed by atoms with van der Waals surface area (Å²) in [5, 5.41) is 2.53. The second-order valence-electron chi connectivity index (χ2n) is 4.39. The molecular formula is C13H14BrFN2O2. The number of nitrogens with one attached hydrogen (secondary N) is 1. The Labute approximate surface area is 119 Å². The van der Waals surface area contributed by atoms with Crippen molar-refractivity contribution in [3.8, 4) is 0 Å². The molecule has 1 unspecified atom stereocenters. The first-order valence-electron chi connectivity index (χ1n) is 6.02. The topological polar surface area (TPSA) is 49.4 Å². The molecule has 1 saturated heterocycles. The maximum absolute atomic E-state index is 13.7. The Balaban J connectivity index is 2.28. The predicted molar refractivity (Wildman–Crippen MR) is 72.2 cm³/mol. The van der Waals surface area contributed by atoms with Crippen molar-refractivity contribution in [1.29, 1.82) is 0 Å². The highest BCUT2D eigenvalue weighted by Gasteiger charge is 2.34. The van der Waals surface area contributed by atoms with Crippen LogP contribution in [0.2, 0.25) is 0 Å². The van der Waals surface area contributed by atoms with E-state index in [1.165, 1.54) is 30.1 Å². The van der Waals surface area contributed by atoms with Crippen LogP contribution < -0.4 is 5.32 Å². The third kappa shape index (κ3) is 2.78. The Morgan fingerprint density at radius 1 is 1.47 bits per heavy atom. The standard InChI is InChI=1S/C13H14BrFN2O2/c1-16-12(18)11-3-2-6-17(11)13(19)9-7-8(14)4-5-10(9)15/h4-5,7,11H,2-3,6H2,1H3,(H,16,18). The Kier molecular flexibility index (Phi) is 4.19. The second-order valence-corrected chi connectivity index (χ2v) is 5.31. The maximum Gasteiger partial charge on any atom is 0.257 e. The van der Waals surface area contributed by atoms with Crippen molar-refractivity contribution in [3.63, 3.8) is 0 Å². The average molecular weight is 329 g/mol. The zero-order chi connectivity index (χ0) is 14.0. The number of hydrogen-bond acceptors (Lipinski definition) is 2. The van der Waals surface area contributed by atoms with Gasteiger partial charge in [0.25, 0.3) is 5.91 Å². The van der Waals surface area contributed by atoms with Crippen LogP contribution in [0, 0.1) is 5.82 Å². The van der Waals surface area contributed by atoms with Gasteiger partial charge in [0.2, 0.25) is 5.91 Å². The lowest BCUT2D eigenvalue weighted by Crippen LogP contribution is -2.45. The first-order chi connectivity index (χ1) is 9.04. The van der Waals surface area contributed by atoms with Gasteiger partial charge in [-0.15, -0.1) is 0 Å². The summed E-state index contributed by atoms with van der Waals surface area (Å²) in [5.41, 5.74) is -0.00909. The summed E-state index contributed by atoms with van der Waals surface area (Å²) in [7, 11) is 1.53. The van der Waals surface area contributed by atoms with E-state index >= 15 is 0 Å². The lowest BCUT2D eigenvalue weighted by atomic mass is 10.1. The molecule has 1 aliphatic rings. The molecule has 1 N–H and O–H groups in total. The van der Waals surface area contributed by atoms with E-state index in [4.69, 9.17) is 0 Å². The number of likely N-dealkylation sites (tertiary alicyclic amines) is 1. The minimum Gasteiger partial charge on any atom is -0.357 e. The van der Waals surface area contributed by atoms with Gasteiger partial charge in [0, 0.05) is 18.1 Å². The number of likely N-dealkylation sites (N-methyl/N-ethyl adjacent to an activating group) is 1. The predicted octanol–water partition coefficient (Wildman–Crippen LogP) is 1.94. The molecule has 0 radical (unpaired) electrons. The number of carbonyl (C=O) groups is 2. The fraction of sp³-hybridized carbons (Fsp3) is 0.385. The van der Waals surface area contributed by atoms with Gasteiger partial charge < -0.3 is 10.2 Å². The Bertz CT molecular complexity index is 521. The van der Waals surface area contributed by atoms with Gasteiger partial charge in [-0.05, 0) is 31.0 Å². The Morgan fingerprint density at radius 2 is 2.21 bits per heavy atom. The van der Waals surface area contributed by atoms with Crippen molar-refractivity contribution in [3.05, 3.63) is 34.1 Å². The van der Waals surface area contributed by atoms with Crippen LogP contribution in [0.4, 0.5) is 4.39 Å². The van der Waals surface area contributed by atoms with E-state index in [2.05, 4.69) is 21.2 Å². The Hall–Kier alpha value is -1.43. The van der Waals surface area contributed by atoms with Crippen LogP contribution in [-0.4, -0.2) is 36.3 Å². The number of benzene rings is 1. The largest absolute Gasteiger partial charge is 0.357 e. The smallest absolute Gasteiger partial charge is 0.257 e. The lowest BCUT2D eigenvalue weighted by Gasteiger charge is -2.23. The molecular weight excluding hydrogens is 315 g/mol. The molecule has 1 aromatic rings. The van der Waals surface area contributed by atoms with Crippen LogP contribution in [0.3, 0.4) is 0 Å². The second kappa shape index (κ2) is 5.69. The quantitative estimate of drug-likeness (QED) is 0.901. The summed E-state index contributed by atoms with van der Waals surface area (Å²) in [6.07, 6.45) is 1.36. The zero-order valence-corrected chi connectivity index (χ0v) is 12.0. The van der Waals surface area contributed by atoms with Crippen molar-refractivity contribution < 1.29 is 14.0 Å². The van der Waals surface area contributed by atoms with Gasteiger partial charge in [-0.2, -0.15) is 0 Å². The summed E-state index contributed by atoms with van der Waals surface area (Å²) >= 11 is 3.21. The van der Waals surface area contributed by atoms with E-state index < -0.39 is 17.8 Å². The van der Waals surface area contributed by atoms with Gasteiger partial charge in [0.1, 0.15) is 11.9 Å². The van der Waals surface area contributed by atoms with E-state index in [-0.39, 0.29) is 11.5 Å². The van der Waals surface area contributed by atoms with Crippen LogP contribution >= 0.6 is 15.9 Å². The molecule has 1 heterocycles. The number of rotatable bonds is 2. The average Bonchev–Trinajstić information content (AvgIpc) is 2.89. The first kappa shape index (κ1) is 14.0. The molecule has 0 aliphatic carbocycles. The summed E-state index contributed by atoms with van der Waals surface area (Å²) in [4.78, 5) is 25.5. The van der Waals surface area contributed by atoms with Crippen molar-refractivity contribution in [2.75, 3.05) is 13.6 Å². The molecule has 2 rings (SSSR count). The molecule has 6 heteroatoms. The van der Waals surface area contributed by atoms with Crippen molar-refractivity contribution in [1.82, 2.24) is 10.2 Å². The Morgan fingerprint density at radius 3 is 2.89 bits per heavy atom. The normalized spacial score (nSPS) is 18.5. The van der Waals surface area contributed by atoms with Crippen LogP contribution in [0.5, 0.6) is 0 Å². The molecule has 19 heavy (non-hydrogen) atoms. The van der Waals surface area contributed by atoms with E-state index in [0.717, 1.165) is 6.42 Å². The van der Waals surface area contributed by atoms with Gasteiger partial charge in [0.05, 0.1) is 5.56 Å². The van der Waals surface area contributed by atoms with Crippen molar-refractivity contribution in [2.24, 2.45) is 0 Å². The summed E-state index contributed by atoms with van der Waals surface area (Å²) in [5.74, 6) is -1.22. The number of carbonyl (C=O) groups excluding carboxylic acids is 2.